The van der Waals surface area contributed by atoms with Gasteiger partial charge in [0, 0.05) is 37.4 Å². The number of unbranched alkanes of at least 4 members (excludes halogenated alkanes) is 3. The highest BCUT2D eigenvalue weighted by molar-refractivity contribution is 5.88. The highest BCUT2D eigenvalue weighted by Gasteiger charge is 2.22. The first-order valence-electron chi connectivity index (χ1n) is 12.5. The summed E-state index contributed by atoms with van der Waals surface area (Å²) in [4.78, 5) is 3.74. The second-order valence-electron chi connectivity index (χ2n) is 9.56. The van der Waals surface area contributed by atoms with Crippen LogP contribution in [0.2, 0.25) is 0 Å². The van der Waals surface area contributed by atoms with Crippen molar-refractivity contribution in [3.05, 3.63) is 76.8 Å². The number of hydrogen-bond acceptors (Lipinski definition) is 2. The van der Waals surface area contributed by atoms with Crippen LogP contribution < -0.4 is 5.73 Å². The van der Waals surface area contributed by atoms with E-state index in [1.807, 2.05) is 6.07 Å². The van der Waals surface area contributed by atoms with Crippen molar-refractivity contribution in [3.63, 3.8) is 0 Å². The zero-order valence-corrected chi connectivity index (χ0v) is 19.9. The number of benzene rings is 2. The van der Waals surface area contributed by atoms with Gasteiger partial charge in [-0.25, -0.2) is 4.85 Å². The van der Waals surface area contributed by atoms with E-state index in [0.29, 0.717) is 11.8 Å². The molecule has 0 aliphatic carbocycles. The molecule has 0 radical (unpaired) electrons. The molecule has 1 aliphatic heterocycles. The quantitative estimate of drug-likeness (QED) is 0.272. The molecule has 1 atom stereocenters. The van der Waals surface area contributed by atoms with Crippen molar-refractivity contribution in [2.24, 2.45) is 11.7 Å². The molecule has 0 spiro atoms. The van der Waals surface area contributed by atoms with Crippen LogP contribution >= 0.6 is 0 Å². The third-order valence-corrected chi connectivity index (χ3v) is 7.09. The van der Waals surface area contributed by atoms with Crippen LogP contribution in [-0.4, -0.2) is 24.3 Å². The molecule has 2 aromatic carbocycles. The molecule has 4 rings (SSSR count). The summed E-state index contributed by atoms with van der Waals surface area (Å²) < 4.78 is 8.04. The Kier molecular flexibility index (Phi) is 8.20. The Labute approximate surface area is 198 Å². The molecule has 174 valence electrons. The van der Waals surface area contributed by atoms with Crippen LogP contribution in [0, 0.1) is 19.4 Å². The van der Waals surface area contributed by atoms with Gasteiger partial charge in [0.05, 0.1) is 6.57 Å². The minimum absolute atomic E-state index is 0.335. The molecule has 33 heavy (non-hydrogen) atoms. The molecule has 4 nitrogen and oxygen atoms in total. The number of ether oxygens (including phenoxy) is 1. The smallest absolute Gasteiger partial charge is 0.187 e. The van der Waals surface area contributed by atoms with Crippen LogP contribution in [0.1, 0.15) is 67.6 Å². The van der Waals surface area contributed by atoms with E-state index in [1.165, 1.54) is 46.9 Å². The highest BCUT2D eigenvalue weighted by Crippen LogP contribution is 2.38. The SMILES string of the molecule is [C-]#[N+]c1ccc2c(c1)c(C(CCCCCCN)c1cccc(C)c1)cn2CC1CCOCC1. The summed E-state index contributed by atoms with van der Waals surface area (Å²) in [5.41, 5.74) is 11.7. The van der Waals surface area contributed by atoms with Crippen LogP contribution in [0.4, 0.5) is 5.69 Å². The predicted molar refractivity (Wildman–Crippen MR) is 137 cm³/mol. The Morgan fingerprint density at radius 2 is 1.91 bits per heavy atom. The minimum Gasteiger partial charge on any atom is -0.381 e. The summed E-state index contributed by atoms with van der Waals surface area (Å²) >= 11 is 0. The van der Waals surface area contributed by atoms with Crippen LogP contribution in [0.3, 0.4) is 0 Å². The van der Waals surface area contributed by atoms with Gasteiger partial charge < -0.3 is 15.0 Å². The second kappa shape index (κ2) is 11.5. The fraction of sp³-hybridized carbons (Fsp3) is 0.483. The van der Waals surface area contributed by atoms with Gasteiger partial charge in [0.25, 0.3) is 0 Å². The molecule has 1 aromatic heterocycles. The molecule has 1 fully saturated rings. The van der Waals surface area contributed by atoms with Crippen LogP contribution in [-0.2, 0) is 11.3 Å². The fourth-order valence-electron chi connectivity index (χ4n) is 5.25. The largest absolute Gasteiger partial charge is 0.381 e. The Hall–Kier alpha value is -2.61. The lowest BCUT2D eigenvalue weighted by Gasteiger charge is -2.23. The first-order valence-corrected chi connectivity index (χ1v) is 12.5. The van der Waals surface area contributed by atoms with Gasteiger partial charge in [0.15, 0.2) is 5.69 Å². The summed E-state index contributed by atoms with van der Waals surface area (Å²) in [5.74, 6) is 0.985. The van der Waals surface area contributed by atoms with Crippen molar-refractivity contribution in [2.45, 2.75) is 64.3 Å². The third kappa shape index (κ3) is 5.85. The molecule has 0 bridgehead atoms. The Morgan fingerprint density at radius 3 is 2.67 bits per heavy atom. The van der Waals surface area contributed by atoms with Crippen molar-refractivity contribution in [1.29, 1.82) is 0 Å². The molecule has 4 heteroatoms. The van der Waals surface area contributed by atoms with E-state index in [0.717, 1.165) is 57.7 Å². The zero-order chi connectivity index (χ0) is 23.0. The maximum atomic E-state index is 7.57. The van der Waals surface area contributed by atoms with E-state index in [4.69, 9.17) is 17.0 Å². The van der Waals surface area contributed by atoms with Gasteiger partial charge in [0.1, 0.15) is 0 Å². The van der Waals surface area contributed by atoms with E-state index in [-0.39, 0.29) is 0 Å². The highest BCUT2D eigenvalue weighted by atomic mass is 16.5. The van der Waals surface area contributed by atoms with E-state index >= 15 is 0 Å². The van der Waals surface area contributed by atoms with E-state index in [1.54, 1.807) is 0 Å². The van der Waals surface area contributed by atoms with Crippen molar-refractivity contribution in [3.8, 4) is 0 Å². The standard InChI is InChI=1S/C29H37N3O/c1-22-8-7-9-24(18-22)26(10-5-3-4-6-15-30)28-21-32(20-23-13-16-33-17-14-23)29-12-11-25(31-2)19-27(28)29/h7-9,11-12,18-19,21,23,26H,3-6,10,13-17,20,30H2,1H3. The van der Waals surface area contributed by atoms with Gasteiger partial charge in [-0.3, -0.25) is 0 Å². The molecular formula is C29H37N3O. The fourth-order valence-corrected chi connectivity index (χ4v) is 5.25. The maximum Gasteiger partial charge on any atom is 0.187 e. The molecule has 1 saturated heterocycles. The van der Waals surface area contributed by atoms with Crippen molar-refractivity contribution in [1.82, 2.24) is 4.57 Å². The first kappa shape index (κ1) is 23.5. The second-order valence-corrected chi connectivity index (χ2v) is 9.56. The topological polar surface area (TPSA) is 44.5 Å². The van der Waals surface area contributed by atoms with E-state index < -0.39 is 0 Å². The summed E-state index contributed by atoms with van der Waals surface area (Å²) in [6.45, 7) is 13.3. The number of aromatic nitrogens is 1. The first-order chi connectivity index (χ1) is 16.2. The molecule has 2 heterocycles. The molecular weight excluding hydrogens is 406 g/mol. The lowest BCUT2D eigenvalue weighted by molar-refractivity contribution is 0.0616. The average molecular weight is 444 g/mol. The normalized spacial score (nSPS) is 15.5. The number of nitrogens with two attached hydrogens (primary N) is 1. The number of rotatable bonds is 10. The van der Waals surface area contributed by atoms with Crippen LogP contribution in [0.15, 0.2) is 48.7 Å². The third-order valence-electron chi connectivity index (χ3n) is 7.09. The number of fused-ring (bicyclic) bond motifs is 1. The predicted octanol–water partition coefficient (Wildman–Crippen LogP) is 6.97. The molecule has 0 amide bonds. The van der Waals surface area contributed by atoms with Crippen molar-refractivity contribution in [2.75, 3.05) is 19.8 Å². The van der Waals surface area contributed by atoms with E-state index in [9.17, 15) is 0 Å². The van der Waals surface area contributed by atoms with E-state index in [2.05, 4.69) is 58.9 Å². The Balaban J connectivity index is 1.72. The number of nitrogens with zero attached hydrogens (tertiary/aromatic N) is 2. The summed E-state index contributed by atoms with van der Waals surface area (Å²) in [5, 5.41) is 1.24. The van der Waals surface area contributed by atoms with Crippen molar-refractivity contribution < 1.29 is 4.74 Å². The van der Waals surface area contributed by atoms with Crippen LogP contribution in [0.25, 0.3) is 15.7 Å². The van der Waals surface area contributed by atoms with Gasteiger partial charge in [-0.15, -0.1) is 0 Å². The molecule has 3 aromatic rings. The zero-order valence-electron chi connectivity index (χ0n) is 19.9. The molecule has 2 N–H and O–H groups in total. The Bertz CT molecular complexity index is 1090. The molecule has 0 saturated carbocycles. The van der Waals surface area contributed by atoms with Gasteiger partial charge in [-0.05, 0) is 73.7 Å². The summed E-state index contributed by atoms with van der Waals surface area (Å²) in [6.07, 6.45) is 10.5. The van der Waals surface area contributed by atoms with Crippen molar-refractivity contribution >= 4 is 16.6 Å². The minimum atomic E-state index is 0.335. The summed E-state index contributed by atoms with van der Waals surface area (Å²) in [7, 11) is 0. The molecule has 1 aliphatic rings. The lowest BCUT2D eigenvalue weighted by Crippen LogP contribution is -2.20. The average Bonchev–Trinajstić information content (AvgIpc) is 3.19. The van der Waals surface area contributed by atoms with Gasteiger partial charge in [-0.1, -0.05) is 55.2 Å². The van der Waals surface area contributed by atoms with Gasteiger partial charge in [-0.2, -0.15) is 0 Å². The summed E-state index contributed by atoms with van der Waals surface area (Å²) in [6, 6.07) is 15.2. The van der Waals surface area contributed by atoms with Crippen LogP contribution in [0.5, 0.6) is 0 Å². The molecule has 1 unspecified atom stereocenters. The Morgan fingerprint density at radius 1 is 1.09 bits per heavy atom. The number of aryl methyl sites for hydroxylation is 1. The van der Waals surface area contributed by atoms with Gasteiger partial charge in [0.2, 0.25) is 0 Å². The number of hydrogen-bond donors (Lipinski definition) is 1. The maximum absolute atomic E-state index is 7.57. The lowest BCUT2D eigenvalue weighted by atomic mass is 9.86. The monoisotopic (exact) mass is 443 g/mol. The van der Waals surface area contributed by atoms with Gasteiger partial charge >= 0.3 is 0 Å².